The van der Waals surface area contributed by atoms with Gasteiger partial charge < -0.3 is 10.2 Å². The van der Waals surface area contributed by atoms with Gasteiger partial charge in [-0.1, -0.05) is 44.2 Å². The quantitative estimate of drug-likeness (QED) is 0.791. The van der Waals surface area contributed by atoms with Crippen LogP contribution < -0.4 is 5.32 Å². The van der Waals surface area contributed by atoms with Crippen LogP contribution in [0.15, 0.2) is 48.7 Å². The molecule has 0 aliphatic heterocycles. The van der Waals surface area contributed by atoms with E-state index >= 15 is 0 Å². The van der Waals surface area contributed by atoms with Gasteiger partial charge >= 0.3 is 0 Å². The summed E-state index contributed by atoms with van der Waals surface area (Å²) in [6, 6.07) is 13.8. The summed E-state index contributed by atoms with van der Waals surface area (Å²) in [6.07, 6.45) is 2.79. The summed E-state index contributed by atoms with van der Waals surface area (Å²) in [7, 11) is 0. The zero-order valence-corrected chi connectivity index (χ0v) is 14.8. The second-order valence-electron chi connectivity index (χ2n) is 6.34. The van der Waals surface area contributed by atoms with Gasteiger partial charge in [-0.05, 0) is 37.0 Å². The van der Waals surface area contributed by atoms with Crippen molar-refractivity contribution >= 4 is 11.6 Å². The highest BCUT2D eigenvalue weighted by Crippen LogP contribution is 2.13. The van der Waals surface area contributed by atoms with Gasteiger partial charge in [-0.15, -0.1) is 0 Å². The number of rotatable bonds is 8. The van der Waals surface area contributed by atoms with Crippen molar-refractivity contribution in [1.29, 1.82) is 0 Å². The second kappa shape index (κ2) is 9.06. The van der Waals surface area contributed by atoms with E-state index in [-0.39, 0.29) is 5.91 Å². The molecule has 2 rings (SSSR count). The van der Waals surface area contributed by atoms with E-state index in [0.29, 0.717) is 24.7 Å². The molecule has 0 aliphatic carbocycles. The molecule has 1 aromatic carbocycles. The third-order valence-corrected chi connectivity index (χ3v) is 3.92. The largest absolute Gasteiger partial charge is 0.385 e. The minimum atomic E-state index is -0.0335. The number of carbonyl (C=O) groups is 1. The third kappa shape index (κ3) is 5.37. The molecule has 1 N–H and O–H groups in total. The van der Waals surface area contributed by atoms with Crippen LogP contribution in [-0.4, -0.2) is 28.9 Å². The SMILES string of the molecule is CCN(Cc1ccccc1)C(=O)c1cc(NCCC(C)C)ccn1. The van der Waals surface area contributed by atoms with E-state index in [4.69, 9.17) is 0 Å². The number of anilines is 1. The zero-order chi connectivity index (χ0) is 17.4. The number of pyridine rings is 1. The van der Waals surface area contributed by atoms with Crippen LogP contribution in [0.4, 0.5) is 5.69 Å². The molecule has 128 valence electrons. The zero-order valence-electron chi connectivity index (χ0n) is 14.8. The molecule has 0 aliphatic rings. The van der Waals surface area contributed by atoms with Crippen LogP contribution in [0.1, 0.15) is 43.2 Å². The van der Waals surface area contributed by atoms with Crippen molar-refractivity contribution < 1.29 is 4.79 Å². The van der Waals surface area contributed by atoms with E-state index in [2.05, 4.69) is 24.1 Å². The fourth-order valence-corrected chi connectivity index (χ4v) is 2.46. The average Bonchev–Trinajstić information content (AvgIpc) is 2.60. The molecule has 1 amide bonds. The predicted molar refractivity (Wildman–Crippen MR) is 99.0 cm³/mol. The third-order valence-electron chi connectivity index (χ3n) is 3.92. The molecule has 0 saturated carbocycles. The Hall–Kier alpha value is -2.36. The molecule has 0 radical (unpaired) electrons. The van der Waals surface area contributed by atoms with E-state index in [0.717, 1.165) is 24.2 Å². The predicted octanol–water partition coefficient (Wildman–Crippen LogP) is 4.20. The van der Waals surface area contributed by atoms with Crippen LogP contribution in [0.5, 0.6) is 0 Å². The van der Waals surface area contributed by atoms with Gasteiger partial charge in [0.05, 0.1) is 0 Å². The number of aromatic nitrogens is 1. The Morgan fingerprint density at radius 3 is 2.62 bits per heavy atom. The van der Waals surface area contributed by atoms with E-state index in [9.17, 15) is 4.79 Å². The van der Waals surface area contributed by atoms with Gasteiger partial charge in [0.25, 0.3) is 5.91 Å². The van der Waals surface area contributed by atoms with Crippen molar-refractivity contribution in [3.63, 3.8) is 0 Å². The van der Waals surface area contributed by atoms with Crippen LogP contribution in [0.3, 0.4) is 0 Å². The highest BCUT2D eigenvalue weighted by molar-refractivity contribution is 5.93. The number of benzene rings is 1. The number of hydrogen-bond donors (Lipinski definition) is 1. The Bertz CT molecular complexity index is 640. The highest BCUT2D eigenvalue weighted by atomic mass is 16.2. The molecule has 0 spiro atoms. The molecule has 0 atom stereocenters. The Morgan fingerprint density at radius 2 is 1.96 bits per heavy atom. The highest BCUT2D eigenvalue weighted by Gasteiger charge is 2.16. The summed E-state index contributed by atoms with van der Waals surface area (Å²) < 4.78 is 0. The lowest BCUT2D eigenvalue weighted by molar-refractivity contribution is 0.0746. The second-order valence-corrected chi connectivity index (χ2v) is 6.34. The summed E-state index contributed by atoms with van der Waals surface area (Å²) in [4.78, 5) is 18.8. The Labute approximate surface area is 144 Å². The summed E-state index contributed by atoms with van der Waals surface area (Å²) >= 11 is 0. The molecule has 0 unspecified atom stereocenters. The van der Waals surface area contributed by atoms with Crippen LogP contribution in [0, 0.1) is 5.92 Å². The average molecular weight is 325 g/mol. The van der Waals surface area contributed by atoms with E-state index in [1.807, 2.05) is 54.3 Å². The van der Waals surface area contributed by atoms with Crippen molar-refractivity contribution in [2.45, 2.75) is 33.7 Å². The molecular formula is C20H27N3O. The fraction of sp³-hybridized carbons (Fsp3) is 0.400. The van der Waals surface area contributed by atoms with Crippen LogP contribution in [0.2, 0.25) is 0 Å². The minimum absolute atomic E-state index is 0.0335. The fourth-order valence-electron chi connectivity index (χ4n) is 2.46. The molecule has 1 aromatic heterocycles. The van der Waals surface area contributed by atoms with Crippen LogP contribution in [-0.2, 0) is 6.54 Å². The molecule has 4 heteroatoms. The van der Waals surface area contributed by atoms with Crippen molar-refractivity contribution in [1.82, 2.24) is 9.88 Å². The van der Waals surface area contributed by atoms with Crippen LogP contribution in [0.25, 0.3) is 0 Å². The first kappa shape index (κ1) is 18.0. The van der Waals surface area contributed by atoms with E-state index in [1.54, 1.807) is 6.20 Å². The van der Waals surface area contributed by atoms with E-state index < -0.39 is 0 Å². The maximum atomic E-state index is 12.8. The Kier molecular flexibility index (Phi) is 6.79. The van der Waals surface area contributed by atoms with Gasteiger partial charge in [-0.2, -0.15) is 0 Å². The summed E-state index contributed by atoms with van der Waals surface area (Å²) in [5.74, 6) is 0.621. The molecular weight excluding hydrogens is 298 g/mol. The standard InChI is InChI=1S/C20H27N3O/c1-4-23(15-17-8-6-5-7-9-17)20(24)19-14-18(11-13-22-19)21-12-10-16(2)3/h5-9,11,13-14,16H,4,10,12,15H2,1-3H3,(H,21,22). The maximum Gasteiger partial charge on any atom is 0.272 e. The number of carbonyl (C=O) groups excluding carboxylic acids is 1. The first-order valence-electron chi connectivity index (χ1n) is 8.63. The molecule has 0 saturated heterocycles. The normalized spacial score (nSPS) is 10.7. The van der Waals surface area contributed by atoms with Crippen molar-refractivity contribution in [3.05, 3.63) is 59.9 Å². The van der Waals surface area contributed by atoms with Crippen molar-refractivity contribution in [2.24, 2.45) is 5.92 Å². The molecule has 24 heavy (non-hydrogen) atoms. The molecule has 0 bridgehead atoms. The van der Waals surface area contributed by atoms with Gasteiger partial charge in [0, 0.05) is 31.5 Å². The smallest absolute Gasteiger partial charge is 0.272 e. The lowest BCUT2D eigenvalue weighted by atomic mass is 10.1. The molecule has 1 heterocycles. The van der Waals surface area contributed by atoms with E-state index in [1.165, 1.54) is 0 Å². The Balaban J connectivity index is 2.04. The minimum Gasteiger partial charge on any atom is -0.385 e. The lowest BCUT2D eigenvalue weighted by Gasteiger charge is -2.21. The monoisotopic (exact) mass is 325 g/mol. The molecule has 0 fully saturated rings. The van der Waals surface area contributed by atoms with Gasteiger partial charge in [-0.3, -0.25) is 9.78 Å². The summed E-state index contributed by atoms with van der Waals surface area (Å²) in [6.45, 7) is 8.55. The number of hydrogen-bond acceptors (Lipinski definition) is 3. The first-order valence-corrected chi connectivity index (χ1v) is 8.63. The number of amides is 1. The van der Waals surface area contributed by atoms with Gasteiger partial charge in [0.1, 0.15) is 5.69 Å². The Morgan fingerprint density at radius 1 is 1.21 bits per heavy atom. The van der Waals surface area contributed by atoms with Crippen molar-refractivity contribution in [3.8, 4) is 0 Å². The summed E-state index contributed by atoms with van der Waals surface area (Å²) in [5.41, 5.74) is 2.56. The molecule has 4 nitrogen and oxygen atoms in total. The van der Waals surface area contributed by atoms with Gasteiger partial charge in [0.2, 0.25) is 0 Å². The number of nitrogens with one attached hydrogen (secondary N) is 1. The topological polar surface area (TPSA) is 45.2 Å². The number of nitrogens with zero attached hydrogens (tertiary/aromatic N) is 2. The molecule has 2 aromatic rings. The lowest BCUT2D eigenvalue weighted by Crippen LogP contribution is -2.31. The van der Waals surface area contributed by atoms with Crippen molar-refractivity contribution in [2.75, 3.05) is 18.4 Å². The van der Waals surface area contributed by atoms with Crippen LogP contribution >= 0.6 is 0 Å². The van der Waals surface area contributed by atoms with Gasteiger partial charge in [-0.25, -0.2) is 0 Å². The maximum absolute atomic E-state index is 12.8. The summed E-state index contributed by atoms with van der Waals surface area (Å²) in [5, 5.41) is 3.37. The van der Waals surface area contributed by atoms with Gasteiger partial charge in [0.15, 0.2) is 0 Å². The first-order chi connectivity index (χ1) is 11.6.